The van der Waals surface area contributed by atoms with Gasteiger partial charge in [0.05, 0.1) is 17.7 Å². The highest BCUT2D eigenvalue weighted by molar-refractivity contribution is 7.18. The van der Waals surface area contributed by atoms with E-state index >= 15 is 4.39 Å². The number of aryl methyl sites for hydroxylation is 1. The molecule has 0 saturated carbocycles. The number of carbonyl (C=O) groups excluding carboxylic acids is 1. The van der Waals surface area contributed by atoms with Gasteiger partial charge in [-0.25, -0.2) is 9.18 Å². The summed E-state index contributed by atoms with van der Waals surface area (Å²) in [5.74, 6) is -0.157. The fourth-order valence-corrected chi connectivity index (χ4v) is 5.67. The van der Waals surface area contributed by atoms with E-state index in [1.165, 1.54) is 28.4 Å². The maximum atomic E-state index is 15.2. The highest BCUT2D eigenvalue weighted by Crippen LogP contribution is 2.38. The van der Waals surface area contributed by atoms with Crippen molar-refractivity contribution in [2.45, 2.75) is 79.2 Å². The van der Waals surface area contributed by atoms with Crippen molar-refractivity contribution in [3.8, 4) is 26.9 Å². The fraction of sp³-hybridized carbons (Fsp3) is 0.517. The van der Waals surface area contributed by atoms with Gasteiger partial charge in [0.1, 0.15) is 27.9 Å². The quantitative estimate of drug-likeness (QED) is 0.285. The molecule has 0 spiro atoms. The summed E-state index contributed by atoms with van der Waals surface area (Å²) in [4.78, 5) is 19.0. The number of aromatic nitrogens is 3. The van der Waals surface area contributed by atoms with Gasteiger partial charge in [-0.15, -0.1) is 10.2 Å². The summed E-state index contributed by atoms with van der Waals surface area (Å²) in [5.41, 5.74) is 1.66. The van der Waals surface area contributed by atoms with Crippen LogP contribution in [0.4, 0.5) is 9.18 Å². The second-order valence-electron chi connectivity index (χ2n) is 11.8. The van der Waals surface area contributed by atoms with Gasteiger partial charge in [-0.2, -0.15) is 0 Å². The molecule has 0 aliphatic carbocycles. The summed E-state index contributed by atoms with van der Waals surface area (Å²) in [6.07, 6.45) is 0.337. The van der Waals surface area contributed by atoms with Crippen LogP contribution in [-0.4, -0.2) is 56.8 Å². The lowest BCUT2D eigenvalue weighted by atomic mass is 10.1. The SMILES string of the molecule is Cc1cc(-c2nnc(-c3cc(F)c(OC[C@H]4COC(C)(C)N4C(=O)OC(C)(C)C)cc3Cl)s2)cc(CC(C)C)n1. The molecule has 3 aromatic rings. The van der Waals surface area contributed by atoms with Crippen molar-refractivity contribution < 1.29 is 23.4 Å². The molecule has 1 aromatic carbocycles. The Balaban J connectivity index is 1.51. The van der Waals surface area contributed by atoms with Crippen LogP contribution in [0.25, 0.3) is 21.1 Å². The van der Waals surface area contributed by atoms with E-state index in [2.05, 4.69) is 29.0 Å². The largest absolute Gasteiger partial charge is 0.488 e. The third-order valence-electron chi connectivity index (χ3n) is 6.14. The molecule has 1 amide bonds. The molecule has 1 atom stereocenters. The number of rotatable bonds is 7. The van der Waals surface area contributed by atoms with E-state index in [1.54, 1.807) is 34.6 Å². The Hall–Kier alpha value is -2.82. The minimum Gasteiger partial charge on any atom is -0.488 e. The molecule has 11 heteroatoms. The minimum absolute atomic E-state index is 0.00166. The first kappa shape index (κ1) is 30.1. The van der Waals surface area contributed by atoms with Crippen LogP contribution in [0, 0.1) is 18.7 Å². The zero-order chi connectivity index (χ0) is 29.4. The Morgan fingerprint density at radius 1 is 1.23 bits per heavy atom. The molecule has 0 unspecified atom stereocenters. The number of hydrogen-bond acceptors (Lipinski definition) is 8. The van der Waals surface area contributed by atoms with Crippen LogP contribution in [0.3, 0.4) is 0 Å². The van der Waals surface area contributed by atoms with E-state index < -0.39 is 29.3 Å². The zero-order valence-electron chi connectivity index (χ0n) is 24.2. The average molecular weight is 591 g/mol. The fourth-order valence-electron chi connectivity index (χ4n) is 4.51. The Morgan fingerprint density at radius 2 is 1.93 bits per heavy atom. The summed E-state index contributed by atoms with van der Waals surface area (Å²) in [6, 6.07) is 6.22. The summed E-state index contributed by atoms with van der Waals surface area (Å²) < 4.78 is 32.4. The van der Waals surface area contributed by atoms with E-state index in [-0.39, 0.29) is 24.0 Å². The van der Waals surface area contributed by atoms with Crippen molar-refractivity contribution in [2.24, 2.45) is 5.92 Å². The molecule has 1 aliphatic rings. The second-order valence-corrected chi connectivity index (χ2v) is 13.2. The van der Waals surface area contributed by atoms with Crippen LogP contribution in [0.15, 0.2) is 24.3 Å². The van der Waals surface area contributed by atoms with Crippen LogP contribution in [0.2, 0.25) is 5.02 Å². The number of nitrogens with zero attached hydrogens (tertiary/aromatic N) is 4. The first-order valence-corrected chi connectivity index (χ1v) is 14.4. The Labute approximate surface area is 243 Å². The summed E-state index contributed by atoms with van der Waals surface area (Å²) in [7, 11) is 0. The van der Waals surface area contributed by atoms with Gasteiger partial charge in [0, 0.05) is 28.6 Å². The Bertz CT molecular complexity index is 1390. The number of benzene rings is 1. The average Bonchev–Trinajstić information content (AvgIpc) is 3.41. The van der Waals surface area contributed by atoms with Crippen molar-refractivity contribution in [2.75, 3.05) is 13.2 Å². The standard InChI is InChI=1S/C29H36ClFN4O4S/c1-16(2)9-19-11-18(10-17(3)32-19)25-33-34-26(40-25)21-12-23(31)24(13-22(21)30)37-14-20-15-38-29(7,8)35(20)27(36)39-28(4,5)6/h10-13,16,20H,9,14-15H2,1-8H3/t20-/m0/s1. The molecule has 216 valence electrons. The molecule has 0 N–H and O–H groups in total. The molecule has 0 bridgehead atoms. The second kappa shape index (κ2) is 11.6. The van der Waals surface area contributed by atoms with Crippen LogP contribution >= 0.6 is 22.9 Å². The number of pyridine rings is 1. The van der Waals surface area contributed by atoms with Crippen LogP contribution in [0.5, 0.6) is 5.75 Å². The predicted molar refractivity (Wildman–Crippen MR) is 154 cm³/mol. The van der Waals surface area contributed by atoms with Crippen LogP contribution in [0.1, 0.15) is 59.9 Å². The Morgan fingerprint density at radius 3 is 2.60 bits per heavy atom. The lowest BCUT2D eigenvalue weighted by Gasteiger charge is -2.35. The maximum Gasteiger partial charge on any atom is 0.413 e. The van der Waals surface area contributed by atoms with Crippen molar-refractivity contribution in [3.05, 3.63) is 46.5 Å². The molecule has 1 fully saturated rings. The number of halogens is 2. The third-order valence-corrected chi connectivity index (χ3v) is 7.46. The predicted octanol–water partition coefficient (Wildman–Crippen LogP) is 7.32. The normalized spacial score (nSPS) is 17.0. The van der Waals surface area contributed by atoms with Crippen molar-refractivity contribution >= 4 is 29.0 Å². The first-order chi connectivity index (χ1) is 18.6. The summed E-state index contributed by atoms with van der Waals surface area (Å²) in [5, 5.41) is 10.1. The molecule has 0 radical (unpaired) electrons. The van der Waals surface area contributed by atoms with E-state index in [4.69, 9.17) is 25.8 Å². The van der Waals surface area contributed by atoms with Gasteiger partial charge < -0.3 is 14.2 Å². The number of hydrogen-bond donors (Lipinski definition) is 0. The topological polar surface area (TPSA) is 86.7 Å². The van der Waals surface area contributed by atoms with Crippen molar-refractivity contribution in [1.82, 2.24) is 20.1 Å². The molecule has 3 heterocycles. The van der Waals surface area contributed by atoms with Gasteiger partial charge in [-0.3, -0.25) is 9.88 Å². The summed E-state index contributed by atoms with van der Waals surface area (Å²) in [6.45, 7) is 15.4. The molecule has 4 rings (SSSR count). The lowest BCUT2D eigenvalue weighted by Crippen LogP contribution is -2.51. The Kier molecular flexibility index (Phi) is 8.73. The highest BCUT2D eigenvalue weighted by Gasteiger charge is 2.46. The molecule has 1 aliphatic heterocycles. The van der Waals surface area contributed by atoms with Crippen molar-refractivity contribution in [1.29, 1.82) is 0 Å². The van der Waals surface area contributed by atoms with Crippen molar-refractivity contribution in [3.63, 3.8) is 0 Å². The summed E-state index contributed by atoms with van der Waals surface area (Å²) >= 11 is 7.89. The molecule has 40 heavy (non-hydrogen) atoms. The van der Waals surface area contributed by atoms with E-state index in [9.17, 15) is 4.79 Å². The van der Waals surface area contributed by atoms with Crippen LogP contribution < -0.4 is 4.74 Å². The third kappa shape index (κ3) is 7.08. The zero-order valence-corrected chi connectivity index (χ0v) is 25.7. The highest BCUT2D eigenvalue weighted by atomic mass is 35.5. The van der Waals surface area contributed by atoms with E-state index in [0.29, 0.717) is 21.5 Å². The molecule has 2 aromatic heterocycles. The lowest BCUT2D eigenvalue weighted by molar-refractivity contribution is -0.0637. The minimum atomic E-state index is -0.894. The van der Waals surface area contributed by atoms with E-state index in [0.717, 1.165) is 23.4 Å². The van der Waals surface area contributed by atoms with Gasteiger partial charge in [0.25, 0.3) is 0 Å². The van der Waals surface area contributed by atoms with Gasteiger partial charge in [-0.05, 0) is 72.1 Å². The van der Waals surface area contributed by atoms with Crippen LogP contribution in [-0.2, 0) is 15.9 Å². The first-order valence-electron chi connectivity index (χ1n) is 13.2. The van der Waals surface area contributed by atoms with Gasteiger partial charge in [-0.1, -0.05) is 36.8 Å². The monoisotopic (exact) mass is 590 g/mol. The van der Waals surface area contributed by atoms with Gasteiger partial charge in [0.15, 0.2) is 11.6 Å². The molecular weight excluding hydrogens is 555 g/mol. The molecular formula is C29H36ClFN4O4S. The van der Waals surface area contributed by atoms with Gasteiger partial charge in [0.2, 0.25) is 0 Å². The number of amides is 1. The smallest absolute Gasteiger partial charge is 0.413 e. The van der Waals surface area contributed by atoms with E-state index in [1.807, 2.05) is 19.1 Å². The van der Waals surface area contributed by atoms with Gasteiger partial charge >= 0.3 is 6.09 Å². The number of carbonyl (C=O) groups is 1. The molecule has 8 nitrogen and oxygen atoms in total. The maximum absolute atomic E-state index is 15.2. The number of ether oxygens (including phenoxy) is 3. The molecule has 1 saturated heterocycles.